The lowest BCUT2D eigenvalue weighted by atomic mass is 10.1. The van der Waals surface area contributed by atoms with Crippen LogP contribution in [0.3, 0.4) is 0 Å². The van der Waals surface area contributed by atoms with Crippen LogP contribution in [0.15, 0.2) is 66.2 Å². The van der Waals surface area contributed by atoms with Gasteiger partial charge in [-0.1, -0.05) is 48.5 Å². The average molecular weight is 281 g/mol. The lowest BCUT2D eigenvalue weighted by Crippen LogP contribution is -2.05. The molecule has 2 aromatic rings. The van der Waals surface area contributed by atoms with Gasteiger partial charge in [0.2, 0.25) is 0 Å². The second-order valence-electron chi connectivity index (χ2n) is 4.70. The summed E-state index contributed by atoms with van der Waals surface area (Å²) < 4.78 is 4.64. The summed E-state index contributed by atoms with van der Waals surface area (Å²) in [5.74, 6) is -0.295. The van der Waals surface area contributed by atoms with Crippen LogP contribution in [-0.2, 0) is 9.53 Å². The minimum absolute atomic E-state index is 0.295. The minimum Gasteiger partial charge on any atom is -0.466 e. The molecule has 0 aromatic heterocycles. The van der Waals surface area contributed by atoms with Crippen LogP contribution in [0.4, 0.5) is 5.69 Å². The van der Waals surface area contributed by atoms with Crippen LogP contribution in [-0.4, -0.2) is 19.6 Å². The van der Waals surface area contributed by atoms with Gasteiger partial charge in [-0.05, 0) is 30.2 Å². The number of carbonyl (C=O) groups excluding carboxylic acids is 1. The van der Waals surface area contributed by atoms with E-state index in [9.17, 15) is 4.79 Å². The maximum absolute atomic E-state index is 11.2. The minimum atomic E-state index is -0.295. The summed E-state index contributed by atoms with van der Waals surface area (Å²) in [6.07, 6.45) is 1.82. The lowest BCUT2D eigenvalue weighted by molar-refractivity contribution is -0.136. The molecule has 0 saturated carbocycles. The van der Waals surface area contributed by atoms with Gasteiger partial charge in [-0.3, -0.25) is 0 Å². The number of esters is 1. The van der Waals surface area contributed by atoms with Crippen molar-refractivity contribution in [3.63, 3.8) is 0 Å². The molecule has 108 valence electrons. The molecule has 2 rings (SSSR count). The summed E-state index contributed by atoms with van der Waals surface area (Å²) in [6.45, 7) is 2.33. The first-order valence-corrected chi connectivity index (χ1v) is 6.85. The number of anilines is 1. The molecule has 0 aliphatic heterocycles. The van der Waals surface area contributed by atoms with Gasteiger partial charge in [-0.2, -0.15) is 0 Å². The summed E-state index contributed by atoms with van der Waals surface area (Å²) in [5, 5.41) is 3.25. The van der Waals surface area contributed by atoms with E-state index in [0.29, 0.717) is 12.1 Å². The van der Waals surface area contributed by atoms with Crippen LogP contribution in [0.25, 0.3) is 11.1 Å². The number of hydrogen-bond donors (Lipinski definition) is 1. The third-order valence-corrected chi connectivity index (χ3v) is 3.21. The number of hydrogen-bond acceptors (Lipinski definition) is 3. The Kier molecular flexibility index (Phi) is 5.16. The van der Waals surface area contributed by atoms with E-state index in [4.69, 9.17) is 0 Å². The van der Waals surface area contributed by atoms with Crippen molar-refractivity contribution in [2.45, 2.75) is 6.92 Å². The van der Waals surface area contributed by atoms with Crippen molar-refractivity contribution in [3.8, 4) is 11.1 Å². The molecule has 3 heteroatoms. The van der Waals surface area contributed by atoms with Gasteiger partial charge in [0.25, 0.3) is 0 Å². The zero-order valence-electron chi connectivity index (χ0n) is 12.3. The van der Waals surface area contributed by atoms with E-state index in [1.165, 1.54) is 18.2 Å². The number of nitrogens with one attached hydrogen (secondary N) is 1. The first kappa shape index (κ1) is 14.9. The first-order chi connectivity index (χ1) is 10.2. The third-order valence-electron chi connectivity index (χ3n) is 3.21. The Morgan fingerprint density at radius 2 is 1.67 bits per heavy atom. The van der Waals surface area contributed by atoms with Crippen molar-refractivity contribution in [1.82, 2.24) is 0 Å². The molecule has 0 aliphatic rings. The van der Waals surface area contributed by atoms with E-state index in [-0.39, 0.29) is 5.97 Å². The SMILES string of the molecule is COC(=O)/C(C)=C/CNc1ccc(-c2ccccc2)cc1. The van der Waals surface area contributed by atoms with Crippen molar-refractivity contribution in [3.05, 3.63) is 66.2 Å². The lowest BCUT2D eigenvalue weighted by Gasteiger charge is -2.06. The fraction of sp³-hybridized carbons (Fsp3) is 0.167. The quantitative estimate of drug-likeness (QED) is 0.667. The molecule has 0 unspecified atom stereocenters. The predicted molar refractivity (Wildman–Crippen MR) is 86.1 cm³/mol. The van der Waals surface area contributed by atoms with Gasteiger partial charge < -0.3 is 10.1 Å². The van der Waals surface area contributed by atoms with Crippen LogP contribution in [0.1, 0.15) is 6.92 Å². The number of rotatable bonds is 5. The number of benzene rings is 2. The van der Waals surface area contributed by atoms with Gasteiger partial charge in [0, 0.05) is 17.8 Å². The van der Waals surface area contributed by atoms with Crippen molar-refractivity contribution in [2.75, 3.05) is 19.0 Å². The molecule has 0 spiro atoms. The Morgan fingerprint density at radius 3 is 2.29 bits per heavy atom. The fourth-order valence-electron chi connectivity index (χ4n) is 1.98. The normalized spacial score (nSPS) is 11.0. The van der Waals surface area contributed by atoms with Gasteiger partial charge in [-0.15, -0.1) is 0 Å². The zero-order valence-corrected chi connectivity index (χ0v) is 12.3. The fourth-order valence-corrected chi connectivity index (χ4v) is 1.98. The molecule has 21 heavy (non-hydrogen) atoms. The smallest absolute Gasteiger partial charge is 0.333 e. The highest BCUT2D eigenvalue weighted by Gasteiger charge is 2.01. The van der Waals surface area contributed by atoms with Crippen LogP contribution >= 0.6 is 0 Å². The summed E-state index contributed by atoms with van der Waals surface area (Å²) in [6, 6.07) is 18.5. The Hall–Kier alpha value is -2.55. The van der Waals surface area contributed by atoms with Crippen molar-refractivity contribution >= 4 is 11.7 Å². The molecule has 0 radical (unpaired) electrons. The van der Waals surface area contributed by atoms with Crippen molar-refractivity contribution in [2.24, 2.45) is 0 Å². The largest absolute Gasteiger partial charge is 0.466 e. The van der Waals surface area contributed by atoms with E-state index < -0.39 is 0 Å². The summed E-state index contributed by atoms with van der Waals surface area (Å²) in [7, 11) is 1.38. The maximum Gasteiger partial charge on any atom is 0.333 e. The molecular formula is C18H19NO2. The molecule has 0 fully saturated rings. The average Bonchev–Trinajstić information content (AvgIpc) is 2.55. The molecule has 1 N–H and O–H groups in total. The Morgan fingerprint density at radius 1 is 1.05 bits per heavy atom. The molecule has 0 aliphatic carbocycles. The zero-order chi connectivity index (χ0) is 15.1. The van der Waals surface area contributed by atoms with E-state index in [0.717, 1.165) is 5.69 Å². The Balaban J connectivity index is 1.96. The molecule has 0 saturated heterocycles. The van der Waals surface area contributed by atoms with Crippen LogP contribution in [0, 0.1) is 0 Å². The van der Waals surface area contributed by atoms with Gasteiger partial charge in [0.15, 0.2) is 0 Å². The molecule has 0 amide bonds. The monoisotopic (exact) mass is 281 g/mol. The van der Waals surface area contributed by atoms with Crippen LogP contribution in [0.2, 0.25) is 0 Å². The van der Waals surface area contributed by atoms with E-state index >= 15 is 0 Å². The van der Waals surface area contributed by atoms with Gasteiger partial charge in [0.1, 0.15) is 0 Å². The highest BCUT2D eigenvalue weighted by molar-refractivity contribution is 5.87. The van der Waals surface area contributed by atoms with E-state index in [2.05, 4.69) is 34.3 Å². The summed E-state index contributed by atoms with van der Waals surface area (Å²) >= 11 is 0. The van der Waals surface area contributed by atoms with Crippen LogP contribution < -0.4 is 5.32 Å². The molecule has 0 atom stereocenters. The topological polar surface area (TPSA) is 38.3 Å². The van der Waals surface area contributed by atoms with Crippen molar-refractivity contribution < 1.29 is 9.53 Å². The Labute approximate surface area is 125 Å². The van der Waals surface area contributed by atoms with Crippen LogP contribution in [0.5, 0.6) is 0 Å². The first-order valence-electron chi connectivity index (χ1n) is 6.85. The third kappa shape index (κ3) is 4.21. The van der Waals surface area contributed by atoms with E-state index in [1.54, 1.807) is 6.92 Å². The highest BCUT2D eigenvalue weighted by Crippen LogP contribution is 2.20. The van der Waals surface area contributed by atoms with Gasteiger partial charge >= 0.3 is 5.97 Å². The van der Waals surface area contributed by atoms with E-state index in [1.807, 2.05) is 36.4 Å². The molecule has 0 heterocycles. The molecule has 3 nitrogen and oxygen atoms in total. The molecule has 0 bridgehead atoms. The second-order valence-corrected chi connectivity index (χ2v) is 4.70. The summed E-state index contributed by atoms with van der Waals surface area (Å²) in [5.41, 5.74) is 4.00. The molecule has 2 aromatic carbocycles. The number of ether oxygens (including phenoxy) is 1. The second kappa shape index (κ2) is 7.29. The van der Waals surface area contributed by atoms with Crippen molar-refractivity contribution in [1.29, 1.82) is 0 Å². The van der Waals surface area contributed by atoms with Gasteiger partial charge in [-0.25, -0.2) is 4.79 Å². The maximum atomic E-state index is 11.2. The summed E-state index contributed by atoms with van der Waals surface area (Å²) in [4.78, 5) is 11.2. The number of methoxy groups -OCH3 is 1. The predicted octanol–water partition coefficient (Wildman–Crippen LogP) is 3.88. The Bertz CT molecular complexity index is 615. The standard InChI is InChI=1S/C18H19NO2/c1-14(18(20)21-2)12-13-19-17-10-8-16(9-11-17)15-6-4-3-5-7-15/h3-12,19H,13H2,1-2H3/b14-12+. The molecular weight excluding hydrogens is 262 g/mol. The van der Waals surface area contributed by atoms with Gasteiger partial charge in [0.05, 0.1) is 7.11 Å². The number of carbonyl (C=O) groups is 1. The highest BCUT2D eigenvalue weighted by atomic mass is 16.5.